The number of esters is 1. The van der Waals surface area contributed by atoms with E-state index >= 15 is 0 Å². The molecule has 1 aromatic heterocycles. The third kappa shape index (κ3) is 8.82. The van der Waals surface area contributed by atoms with E-state index in [2.05, 4.69) is 52.5 Å². The molecule has 2 N–H and O–H groups in total. The summed E-state index contributed by atoms with van der Waals surface area (Å²) < 4.78 is 15.9. The molecule has 9 heteroatoms. The highest BCUT2D eigenvalue weighted by Crippen LogP contribution is 2.35. The first-order valence-corrected chi connectivity index (χ1v) is 12.1. The summed E-state index contributed by atoms with van der Waals surface area (Å²) >= 11 is 4.63. The predicted molar refractivity (Wildman–Crippen MR) is 120 cm³/mol. The van der Waals surface area contributed by atoms with Crippen LogP contribution in [0.3, 0.4) is 0 Å². The third-order valence-corrected chi connectivity index (χ3v) is 5.74. The van der Waals surface area contributed by atoms with Crippen LogP contribution in [0.5, 0.6) is 0 Å². The number of aliphatic imine (C=N–C) groups is 1. The standard InChI is InChI=1S/C21H27N2O5PS/c1-16(13-22-15-30)18-7-8-20-19(12-18)11-17(14-23-20)5-4-6-21(24)28-9-2-3-10-29(25,26)27/h7-8,11-12,14,16H,2-6,9-10,13H2,1H3,(H2,25,26,27). The lowest BCUT2D eigenvalue weighted by Gasteiger charge is -2.10. The van der Waals surface area contributed by atoms with E-state index in [1.807, 2.05) is 12.3 Å². The quantitative estimate of drug-likeness (QED) is 0.163. The van der Waals surface area contributed by atoms with Crippen LogP contribution in [0.4, 0.5) is 0 Å². The number of hydrogen-bond acceptors (Lipinski definition) is 6. The Bertz CT molecular complexity index is 956. The van der Waals surface area contributed by atoms with Gasteiger partial charge in [-0.1, -0.05) is 13.0 Å². The number of isothiocyanates is 1. The maximum atomic E-state index is 11.8. The lowest BCUT2D eigenvalue weighted by molar-refractivity contribution is -0.143. The Balaban J connectivity index is 1.80. The Morgan fingerprint density at radius 3 is 2.83 bits per heavy atom. The summed E-state index contributed by atoms with van der Waals surface area (Å²) in [6, 6.07) is 8.25. The van der Waals surface area contributed by atoms with Gasteiger partial charge in [0.2, 0.25) is 0 Å². The molecule has 7 nitrogen and oxygen atoms in total. The van der Waals surface area contributed by atoms with E-state index in [1.54, 1.807) is 0 Å². The van der Waals surface area contributed by atoms with E-state index in [1.165, 1.54) is 0 Å². The Kier molecular flexibility index (Phi) is 9.76. The molecule has 1 heterocycles. The van der Waals surface area contributed by atoms with Gasteiger partial charge in [0.25, 0.3) is 0 Å². The molecule has 2 aromatic rings. The lowest BCUT2D eigenvalue weighted by atomic mass is 9.98. The van der Waals surface area contributed by atoms with Gasteiger partial charge in [-0.05, 0) is 67.2 Å². The molecule has 0 bridgehead atoms. The van der Waals surface area contributed by atoms with E-state index in [4.69, 9.17) is 14.5 Å². The Morgan fingerprint density at radius 2 is 2.10 bits per heavy atom. The van der Waals surface area contributed by atoms with Crippen LogP contribution in [0, 0.1) is 0 Å². The molecule has 0 aliphatic rings. The number of benzene rings is 1. The van der Waals surface area contributed by atoms with Crippen LogP contribution in [0.25, 0.3) is 10.9 Å². The summed E-state index contributed by atoms with van der Waals surface area (Å²) in [5, 5.41) is 3.45. The van der Waals surface area contributed by atoms with Crippen LogP contribution in [0.1, 0.15) is 49.7 Å². The summed E-state index contributed by atoms with van der Waals surface area (Å²) in [5.41, 5.74) is 3.14. The van der Waals surface area contributed by atoms with Crippen LogP contribution in [0.15, 0.2) is 35.5 Å². The summed E-state index contributed by atoms with van der Waals surface area (Å²) in [6.45, 7) is 2.88. The van der Waals surface area contributed by atoms with Crippen LogP contribution >= 0.6 is 19.8 Å². The van der Waals surface area contributed by atoms with Gasteiger partial charge in [0.05, 0.1) is 23.8 Å². The lowest BCUT2D eigenvalue weighted by Crippen LogP contribution is -2.06. The normalized spacial score (nSPS) is 12.4. The van der Waals surface area contributed by atoms with Gasteiger partial charge in [-0.3, -0.25) is 14.3 Å². The Labute approximate surface area is 181 Å². The SMILES string of the molecule is CC(CN=C=S)c1ccc2ncc(CCCC(=O)OCCCCP(=O)(O)O)cc2c1. The molecule has 1 atom stereocenters. The largest absolute Gasteiger partial charge is 0.466 e. The second-order valence-electron chi connectivity index (χ2n) is 7.30. The number of unbranched alkanes of at least 4 members (excludes halogenated alkanes) is 1. The van der Waals surface area contributed by atoms with Crippen LogP contribution in [-0.2, 0) is 20.5 Å². The number of pyridine rings is 1. The molecule has 0 fully saturated rings. The third-order valence-electron chi connectivity index (χ3n) is 4.71. The minimum Gasteiger partial charge on any atom is -0.466 e. The first-order valence-electron chi connectivity index (χ1n) is 9.91. The first kappa shape index (κ1) is 24.3. The highest BCUT2D eigenvalue weighted by molar-refractivity contribution is 7.78. The van der Waals surface area contributed by atoms with Gasteiger partial charge in [0, 0.05) is 30.1 Å². The average Bonchev–Trinajstić information content (AvgIpc) is 2.70. The molecule has 0 amide bonds. The van der Waals surface area contributed by atoms with Crippen molar-refractivity contribution in [2.45, 2.75) is 44.9 Å². The number of carbonyl (C=O) groups excluding carboxylic acids is 1. The monoisotopic (exact) mass is 450 g/mol. The Morgan fingerprint density at radius 1 is 1.30 bits per heavy atom. The van der Waals surface area contributed by atoms with Crippen LogP contribution < -0.4 is 0 Å². The van der Waals surface area contributed by atoms with Crippen molar-refractivity contribution >= 4 is 41.8 Å². The van der Waals surface area contributed by atoms with Crippen LogP contribution in [-0.4, -0.2) is 45.2 Å². The van der Waals surface area contributed by atoms with E-state index < -0.39 is 7.60 Å². The fourth-order valence-corrected chi connectivity index (χ4v) is 3.74. The molecular formula is C21H27N2O5PS. The number of thiocarbonyl (C=S) groups is 1. The summed E-state index contributed by atoms with van der Waals surface area (Å²) in [6.07, 6.45) is 4.08. The van der Waals surface area contributed by atoms with Gasteiger partial charge in [-0.2, -0.15) is 0 Å². The van der Waals surface area contributed by atoms with Gasteiger partial charge < -0.3 is 14.5 Å². The molecule has 0 saturated carbocycles. The smallest absolute Gasteiger partial charge is 0.325 e. The molecule has 1 aromatic carbocycles. The molecule has 0 spiro atoms. The fraction of sp³-hybridized carbons (Fsp3) is 0.476. The average molecular weight is 450 g/mol. The number of aromatic nitrogens is 1. The zero-order valence-corrected chi connectivity index (χ0v) is 18.7. The number of hydrogen-bond donors (Lipinski definition) is 2. The molecule has 2 rings (SSSR count). The van der Waals surface area contributed by atoms with E-state index in [0.717, 1.165) is 22.0 Å². The second kappa shape index (κ2) is 12.0. The van der Waals surface area contributed by atoms with Crippen molar-refractivity contribution in [3.8, 4) is 0 Å². The topological polar surface area (TPSA) is 109 Å². The molecule has 0 aliphatic heterocycles. The van der Waals surface area contributed by atoms with Gasteiger partial charge in [0.1, 0.15) is 0 Å². The molecule has 0 saturated heterocycles. The van der Waals surface area contributed by atoms with Gasteiger partial charge in [-0.15, -0.1) is 0 Å². The fourth-order valence-electron chi connectivity index (χ4n) is 3.03. The van der Waals surface area contributed by atoms with Crippen molar-refractivity contribution in [1.82, 2.24) is 4.98 Å². The van der Waals surface area contributed by atoms with Crippen molar-refractivity contribution in [3.05, 3.63) is 41.6 Å². The molecule has 30 heavy (non-hydrogen) atoms. The second-order valence-corrected chi connectivity index (χ2v) is 9.26. The van der Waals surface area contributed by atoms with E-state index in [-0.39, 0.29) is 24.7 Å². The molecule has 0 radical (unpaired) electrons. The number of ether oxygens (including phenoxy) is 1. The molecular weight excluding hydrogens is 423 g/mol. The highest BCUT2D eigenvalue weighted by atomic mass is 32.1. The number of aryl methyl sites for hydroxylation is 1. The van der Waals surface area contributed by atoms with Gasteiger partial charge in [-0.25, -0.2) is 4.99 Å². The number of carbonyl (C=O) groups is 1. The van der Waals surface area contributed by atoms with Gasteiger partial charge >= 0.3 is 13.6 Å². The molecule has 0 aliphatic carbocycles. The maximum absolute atomic E-state index is 11.8. The maximum Gasteiger partial charge on any atom is 0.325 e. The zero-order chi connectivity index (χ0) is 22.0. The van der Waals surface area contributed by atoms with Crippen molar-refractivity contribution in [2.24, 2.45) is 4.99 Å². The van der Waals surface area contributed by atoms with E-state index in [9.17, 15) is 9.36 Å². The van der Waals surface area contributed by atoms with Crippen LogP contribution in [0.2, 0.25) is 0 Å². The highest BCUT2D eigenvalue weighted by Gasteiger charge is 2.12. The van der Waals surface area contributed by atoms with Crippen molar-refractivity contribution in [2.75, 3.05) is 19.3 Å². The molecule has 162 valence electrons. The van der Waals surface area contributed by atoms with E-state index in [0.29, 0.717) is 38.6 Å². The van der Waals surface area contributed by atoms with Crippen molar-refractivity contribution in [1.29, 1.82) is 0 Å². The van der Waals surface area contributed by atoms with Crippen molar-refractivity contribution < 1.29 is 23.9 Å². The summed E-state index contributed by atoms with van der Waals surface area (Å²) in [4.78, 5) is 37.9. The molecule has 1 unspecified atom stereocenters. The minimum atomic E-state index is -3.97. The minimum absolute atomic E-state index is 0.181. The Hall–Kier alpha value is -1.95. The summed E-state index contributed by atoms with van der Waals surface area (Å²) in [5.74, 6) is -0.0555. The number of rotatable bonds is 12. The number of fused-ring (bicyclic) bond motifs is 1. The van der Waals surface area contributed by atoms with Gasteiger partial charge in [0.15, 0.2) is 0 Å². The summed E-state index contributed by atoms with van der Waals surface area (Å²) in [7, 11) is -3.97. The van der Waals surface area contributed by atoms with Crippen molar-refractivity contribution in [3.63, 3.8) is 0 Å². The first-order chi connectivity index (χ1) is 14.3. The zero-order valence-electron chi connectivity index (χ0n) is 17.0. The predicted octanol–water partition coefficient (Wildman–Crippen LogP) is 4.26. The number of nitrogens with zero attached hydrogens (tertiary/aromatic N) is 2.